The Morgan fingerprint density at radius 1 is 0.826 bits per heavy atom. The van der Waals surface area contributed by atoms with E-state index in [0.717, 1.165) is 29.0 Å². The third-order valence-corrected chi connectivity index (χ3v) is 4.97. The van der Waals surface area contributed by atoms with Crippen molar-refractivity contribution in [3.8, 4) is 0 Å². The first-order valence-corrected chi connectivity index (χ1v) is 8.81. The van der Waals surface area contributed by atoms with E-state index in [1.807, 2.05) is 0 Å². The fraction of sp³-hybridized carbons (Fsp3) is 0.238. The van der Waals surface area contributed by atoms with Crippen LogP contribution in [0.5, 0.6) is 0 Å². The number of hydrogen-bond donors (Lipinski definition) is 0. The Morgan fingerprint density at radius 2 is 1.35 bits per heavy atom. The summed E-state index contributed by atoms with van der Waals surface area (Å²) in [4.78, 5) is 2.02. The lowest BCUT2D eigenvalue weighted by Gasteiger charge is -2.24. The lowest BCUT2D eigenvalue weighted by Crippen LogP contribution is -2.13. The molecule has 0 heterocycles. The van der Waals surface area contributed by atoms with E-state index in [1.54, 1.807) is 0 Å². The Bertz CT molecular complexity index is 701. The Morgan fingerprint density at radius 3 is 1.78 bits per heavy atom. The first-order valence-electron chi connectivity index (χ1n) is 7.99. The molecule has 0 radical (unpaired) electrons. The number of hydrogen-bond acceptors (Lipinski definition) is 2. The molecule has 0 aliphatic heterocycles. The molecule has 3 rings (SSSR count). The van der Waals surface area contributed by atoms with Gasteiger partial charge in [0.1, 0.15) is 0 Å². The molecule has 0 saturated heterocycles. The van der Waals surface area contributed by atoms with Crippen LogP contribution in [0.3, 0.4) is 0 Å². The molecule has 0 bridgehead atoms. The maximum Gasteiger partial charge on any atom is 0.0190 e. The Labute approximate surface area is 149 Å². The Kier molecular flexibility index (Phi) is 5.14. The second-order valence-electron chi connectivity index (χ2n) is 6.16. The van der Waals surface area contributed by atoms with Crippen LogP contribution in [0.4, 0.5) is 0 Å². The number of thiocarbonyl (C=S) groups is 2. The van der Waals surface area contributed by atoms with Crippen molar-refractivity contribution in [2.75, 3.05) is 0 Å². The fourth-order valence-corrected chi connectivity index (χ4v) is 3.29. The number of rotatable bonds is 4. The largest absolute Gasteiger partial charge is 0.0846 e. The predicted molar refractivity (Wildman–Crippen MR) is 107 cm³/mol. The molecule has 0 amide bonds. The molecule has 0 saturated carbocycles. The third kappa shape index (κ3) is 4.21. The van der Waals surface area contributed by atoms with Crippen LogP contribution >= 0.6 is 24.4 Å². The van der Waals surface area contributed by atoms with Gasteiger partial charge in [-0.25, -0.2) is 0 Å². The van der Waals surface area contributed by atoms with Gasteiger partial charge in [-0.05, 0) is 42.2 Å². The summed E-state index contributed by atoms with van der Waals surface area (Å²) in [5.74, 6) is 0.372. The summed E-state index contributed by atoms with van der Waals surface area (Å²) in [6.07, 6.45) is 15.8. The summed E-state index contributed by atoms with van der Waals surface area (Å²) >= 11 is 10.6. The van der Waals surface area contributed by atoms with E-state index in [0.29, 0.717) is 5.92 Å². The van der Waals surface area contributed by atoms with Gasteiger partial charge in [0.2, 0.25) is 0 Å². The minimum Gasteiger partial charge on any atom is -0.0846 e. The van der Waals surface area contributed by atoms with E-state index in [2.05, 4.69) is 67.6 Å². The molecule has 0 nitrogen and oxygen atoms in total. The van der Waals surface area contributed by atoms with E-state index in [9.17, 15) is 0 Å². The molecule has 2 aliphatic carbocycles. The minimum atomic E-state index is 0.372. The van der Waals surface area contributed by atoms with Gasteiger partial charge in [0.25, 0.3) is 0 Å². The molecule has 1 aromatic carbocycles. The van der Waals surface area contributed by atoms with Gasteiger partial charge in [-0.2, -0.15) is 0 Å². The summed E-state index contributed by atoms with van der Waals surface area (Å²) < 4.78 is 0. The van der Waals surface area contributed by atoms with Crippen molar-refractivity contribution in [1.82, 2.24) is 0 Å². The van der Waals surface area contributed by atoms with Crippen LogP contribution in [0.25, 0.3) is 0 Å². The quantitative estimate of drug-likeness (QED) is 0.650. The molecule has 2 aliphatic rings. The molecule has 0 aromatic heterocycles. The zero-order valence-corrected chi connectivity index (χ0v) is 14.9. The zero-order valence-electron chi connectivity index (χ0n) is 13.3. The topological polar surface area (TPSA) is 0 Å². The lowest BCUT2D eigenvalue weighted by atomic mass is 9.81. The fourth-order valence-electron chi connectivity index (χ4n) is 2.99. The van der Waals surface area contributed by atoms with Crippen LogP contribution in [-0.4, -0.2) is 9.73 Å². The van der Waals surface area contributed by atoms with Crippen molar-refractivity contribution < 1.29 is 0 Å². The van der Waals surface area contributed by atoms with E-state index in [1.165, 1.54) is 22.3 Å². The maximum atomic E-state index is 5.28. The van der Waals surface area contributed by atoms with E-state index in [-0.39, 0.29) is 0 Å². The van der Waals surface area contributed by atoms with Crippen molar-refractivity contribution in [3.05, 3.63) is 83.0 Å². The van der Waals surface area contributed by atoms with Crippen LogP contribution in [0.1, 0.15) is 24.0 Å². The summed E-state index contributed by atoms with van der Waals surface area (Å²) in [6, 6.07) is 8.84. The summed E-state index contributed by atoms with van der Waals surface area (Å²) in [6.45, 7) is 2.13. The van der Waals surface area contributed by atoms with Gasteiger partial charge < -0.3 is 0 Å². The normalized spacial score (nSPS) is 17.5. The highest BCUT2D eigenvalue weighted by Crippen LogP contribution is 2.31. The molecule has 0 atom stereocenters. The highest BCUT2D eigenvalue weighted by atomic mass is 32.1. The SMILES string of the molecule is Cc1ccc(CC(C2=CCC(=S)C=C2)C2=CCC(=S)C=C2)cc1. The van der Waals surface area contributed by atoms with Gasteiger partial charge in [0.05, 0.1) is 0 Å². The van der Waals surface area contributed by atoms with Crippen molar-refractivity contribution in [2.24, 2.45) is 5.92 Å². The Balaban J connectivity index is 1.89. The van der Waals surface area contributed by atoms with Gasteiger partial charge in [-0.15, -0.1) is 0 Å². The summed E-state index contributed by atoms with van der Waals surface area (Å²) in [5, 5.41) is 0. The smallest absolute Gasteiger partial charge is 0.0190 e. The van der Waals surface area contributed by atoms with Crippen molar-refractivity contribution in [2.45, 2.75) is 26.2 Å². The van der Waals surface area contributed by atoms with Crippen molar-refractivity contribution in [3.63, 3.8) is 0 Å². The highest BCUT2D eigenvalue weighted by molar-refractivity contribution is 7.81. The first-order chi connectivity index (χ1) is 11.1. The first kappa shape index (κ1) is 16.2. The predicted octanol–water partition coefficient (Wildman–Crippen LogP) is 5.67. The molecule has 0 N–H and O–H groups in total. The summed E-state index contributed by atoms with van der Waals surface area (Å²) in [5.41, 5.74) is 5.39. The van der Waals surface area contributed by atoms with Gasteiger partial charge in [-0.1, -0.05) is 78.6 Å². The lowest BCUT2D eigenvalue weighted by molar-refractivity contribution is 0.733. The monoisotopic (exact) mass is 336 g/mol. The highest BCUT2D eigenvalue weighted by Gasteiger charge is 2.19. The molecule has 0 fully saturated rings. The second-order valence-corrected chi connectivity index (χ2v) is 7.21. The molecule has 0 unspecified atom stereocenters. The molecule has 23 heavy (non-hydrogen) atoms. The van der Waals surface area contributed by atoms with Crippen LogP contribution in [-0.2, 0) is 6.42 Å². The summed E-state index contributed by atoms with van der Waals surface area (Å²) in [7, 11) is 0. The van der Waals surface area contributed by atoms with Crippen LogP contribution in [0.2, 0.25) is 0 Å². The molecule has 1 aromatic rings. The van der Waals surface area contributed by atoms with Gasteiger partial charge in [0, 0.05) is 28.5 Å². The second kappa shape index (κ2) is 7.29. The van der Waals surface area contributed by atoms with Crippen LogP contribution in [0.15, 0.2) is 71.9 Å². The average Bonchev–Trinajstić information content (AvgIpc) is 2.56. The van der Waals surface area contributed by atoms with Gasteiger partial charge >= 0.3 is 0 Å². The molecule has 0 spiro atoms. The minimum absolute atomic E-state index is 0.372. The maximum absolute atomic E-state index is 5.28. The van der Waals surface area contributed by atoms with Crippen LogP contribution in [0, 0.1) is 12.8 Å². The standard InChI is InChI=1S/C21H20S2/c1-15-2-4-16(5-3-15)14-21(17-6-10-19(22)11-7-17)18-8-12-20(23)13-9-18/h2-10,12,21H,11,13-14H2,1H3. The van der Waals surface area contributed by atoms with E-state index in [4.69, 9.17) is 24.4 Å². The van der Waals surface area contributed by atoms with Crippen molar-refractivity contribution in [1.29, 1.82) is 0 Å². The number of aryl methyl sites for hydroxylation is 1. The molecular weight excluding hydrogens is 316 g/mol. The van der Waals surface area contributed by atoms with Crippen molar-refractivity contribution >= 4 is 34.2 Å². The van der Waals surface area contributed by atoms with E-state index < -0.39 is 0 Å². The number of allylic oxidation sites excluding steroid dienone is 8. The average molecular weight is 337 g/mol. The Hall–Kier alpha value is -1.64. The van der Waals surface area contributed by atoms with Crippen LogP contribution < -0.4 is 0 Å². The molecule has 116 valence electrons. The zero-order chi connectivity index (χ0) is 16.2. The molecular formula is C21H20S2. The third-order valence-electron chi connectivity index (χ3n) is 4.37. The van der Waals surface area contributed by atoms with E-state index >= 15 is 0 Å². The van der Waals surface area contributed by atoms with Gasteiger partial charge in [-0.3, -0.25) is 0 Å². The number of benzene rings is 1. The molecule has 2 heteroatoms. The van der Waals surface area contributed by atoms with Gasteiger partial charge in [0.15, 0.2) is 0 Å².